The van der Waals surface area contributed by atoms with E-state index in [-0.39, 0.29) is 0 Å². The van der Waals surface area contributed by atoms with Crippen molar-refractivity contribution in [3.05, 3.63) is 42.4 Å². The molecule has 0 fully saturated rings. The van der Waals surface area contributed by atoms with Crippen molar-refractivity contribution in [2.75, 3.05) is 6.26 Å². The molecule has 0 amide bonds. The van der Waals surface area contributed by atoms with Crippen molar-refractivity contribution < 1.29 is 0 Å². The zero-order chi connectivity index (χ0) is 11.9. The highest BCUT2D eigenvalue weighted by Crippen LogP contribution is 2.10. The molecule has 6 heteroatoms. The zero-order valence-corrected chi connectivity index (χ0v) is 10.1. The maximum atomic E-state index is 4.30. The average molecular weight is 245 g/mol. The molecule has 0 radical (unpaired) electrons. The normalized spacial score (nSPS) is 10.9. The van der Waals surface area contributed by atoms with Gasteiger partial charge in [0.05, 0.1) is 5.69 Å². The Morgan fingerprint density at radius 1 is 1.18 bits per heavy atom. The Morgan fingerprint density at radius 2 is 2.12 bits per heavy atom. The third kappa shape index (κ3) is 3.60. The number of pyridine rings is 1. The van der Waals surface area contributed by atoms with Crippen LogP contribution in [0, 0.1) is 0 Å². The number of rotatable bonds is 4. The van der Waals surface area contributed by atoms with E-state index in [1.54, 1.807) is 18.5 Å². The Bertz CT molecular complexity index is 500. The predicted molar refractivity (Wildman–Crippen MR) is 66.3 cm³/mol. The minimum Gasteiger partial charge on any atom is -0.236 e. The van der Waals surface area contributed by atoms with Crippen molar-refractivity contribution in [2.45, 2.75) is 11.7 Å². The minimum atomic E-state index is 0.437. The molecule has 0 spiro atoms. The second-order valence-corrected chi connectivity index (χ2v) is 3.90. The summed E-state index contributed by atoms with van der Waals surface area (Å²) in [6.07, 6.45) is 5.35. The van der Waals surface area contributed by atoms with Crippen LogP contribution in [0.15, 0.2) is 52.0 Å². The van der Waals surface area contributed by atoms with Gasteiger partial charge in [-0.2, -0.15) is 5.11 Å². The molecule has 86 valence electrons. The molecule has 0 aliphatic carbocycles. The monoisotopic (exact) mass is 245 g/mol. The van der Waals surface area contributed by atoms with Crippen molar-refractivity contribution in [2.24, 2.45) is 10.2 Å². The van der Waals surface area contributed by atoms with E-state index in [1.807, 2.05) is 24.5 Å². The van der Waals surface area contributed by atoms with E-state index in [2.05, 4.69) is 25.2 Å². The molecule has 0 N–H and O–H groups in total. The minimum absolute atomic E-state index is 0.437. The topological polar surface area (TPSA) is 63.4 Å². The van der Waals surface area contributed by atoms with Gasteiger partial charge in [-0.3, -0.25) is 0 Å². The summed E-state index contributed by atoms with van der Waals surface area (Å²) >= 11 is 1.51. The van der Waals surface area contributed by atoms with Crippen LogP contribution >= 0.6 is 11.8 Å². The molecule has 2 aromatic heterocycles. The lowest BCUT2D eigenvalue weighted by Crippen LogP contribution is -1.91. The second kappa shape index (κ2) is 6.05. The molecule has 17 heavy (non-hydrogen) atoms. The SMILES string of the molecule is CSc1nccc(CN=Nc2ccccn2)n1. The fourth-order valence-corrected chi connectivity index (χ4v) is 1.53. The lowest BCUT2D eigenvalue weighted by atomic mass is 10.4. The average Bonchev–Trinajstić information content (AvgIpc) is 2.40. The van der Waals surface area contributed by atoms with E-state index in [4.69, 9.17) is 0 Å². The van der Waals surface area contributed by atoms with Crippen molar-refractivity contribution >= 4 is 17.6 Å². The van der Waals surface area contributed by atoms with E-state index < -0.39 is 0 Å². The smallest absolute Gasteiger partial charge is 0.187 e. The summed E-state index contributed by atoms with van der Waals surface area (Å²) in [5.74, 6) is 0.603. The zero-order valence-electron chi connectivity index (χ0n) is 9.32. The fourth-order valence-electron chi connectivity index (χ4n) is 1.16. The maximum Gasteiger partial charge on any atom is 0.187 e. The molecule has 2 rings (SSSR count). The Hall–Kier alpha value is -1.82. The van der Waals surface area contributed by atoms with Crippen LogP contribution in [0.5, 0.6) is 0 Å². The highest BCUT2D eigenvalue weighted by atomic mass is 32.2. The number of azo groups is 1. The van der Waals surface area contributed by atoms with Crippen LogP contribution in [-0.4, -0.2) is 21.2 Å². The number of thioether (sulfide) groups is 1. The Morgan fingerprint density at radius 3 is 2.88 bits per heavy atom. The van der Waals surface area contributed by atoms with Gasteiger partial charge in [-0.15, -0.1) is 5.11 Å². The van der Waals surface area contributed by atoms with Gasteiger partial charge in [-0.25, -0.2) is 15.0 Å². The van der Waals surface area contributed by atoms with Crippen molar-refractivity contribution in [3.63, 3.8) is 0 Å². The molecule has 5 nitrogen and oxygen atoms in total. The molecule has 0 atom stereocenters. The number of hydrogen-bond acceptors (Lipinski definition) is 6. The van der Waals surface area contributed by atoms with Gasteiger partial charge < -0.3 is 0 Å². The first-order chi connectivity index (χ1) is 8.38. The van der Waals surface area contributed by atoms with Crippen LogP contribution in [0.1, 0.15) is 5.69 Å². The van der Waals surface area contributed by atoms with Gasteiger partial charge in [0.25, 0.3) is 0 Å². The molecule has 0 saturated carbocycles. The molecular formula is C11H11N5S. The van der Waals surface area contributed by atoms with E-state index >= 15 is 0 Å². The van der Waals surface area contributed by atoms with Gasteiger partial charge in [0.2, 0.25) is 0 Å². The van der Waals surface area contributed by atoms with Gasteiger partial charge in [0.15, 0.2) is 11.0 Å². The summed E-state index contributed by atoms with van der Waals surface area (Å²) in [5, 5.41) is 8.80. The van der Waals surface area contributed by atoms with E-state index in [1.165, 1.54) is 11.8 Å². The van der Waals surface area contributed by atoms with Gasteiger partial charge in [0, 0.05) is 12.4 Å². The first kappa shape index (κ1) is 11.7. The Kier molecular flexibility index (Phi) is 4.15. The van der Waals surface area contributed by atoms with Crippen molar-refractivity contribution in [1.29, 1.82) is 0 Å². The summed E-state index contributed by atoms with van der Waals surface area (Å²) in [6, 6.07) is 7.35. The molecule has 0 aliphatic heterocycles. The Labute approximate surface area is 103 Å². The highest BCUT2D eigenvalue weighted by Gasteiger charge is 1.96. The van der Waals surface area contributed by atoms with Gasteiger partial charge in [-0.1, -0.05) is 17.8 Å². The Balaban J connectivity index is 2.00. The lowest BCUT2D eigenvalue weighted by Gasteiger charge is -1.97. The largest absolute Gasteiger partial charge is 0.236 e. The molecule has 0 aliphatic rings. The fraction of sp³-hybridized carbons (Fsp3) is 0.182. The van der Waals surface area contributed by atoms with Crippen molar-refractivity contribution in [1.82, 2.24) is 15.0 Å². The number of hydrogen-bond donors (Lipinski definition) is 0. The van der Waals surface area contributed by atoms with Gasteiger partial charge in [-0.05, 0) is 24.5 Å². The maximum absolute atomic E-state index is 4.30. The third-order valence-corrected chi connectivity index (χ3v) is 2.49. The third-order valence-electron chi connectivity index (χ3n) is 1.93. The first-order valence-corrected chi connectivity index (χ1v) is 6.25. The quantitative estimate of drug-likeness (QED) is 0.472. The van der Waals surface area contributed by atoms with Gasteiger partial charge in [0.1, 0.15) is 6.54 Å². The van der Waals surface area contributed by atoms with Crippen LogP contribution in [0.4, 0.5) is 5.82 Å². The first-order valence-electron chi connectivity index (χ1n) is 5.03. The molecular weight excluding hydrogens is 234 g/mol. The number of nitrogens with zero attached hydrogens (tertiary/aromatic N) is 5. The van der Waals surface area contributed by atoms with E-state index in [0.29, 0.717) is 12.4 Å². The second-order valence-electron chi connectivity index (χ2n) is 3.12. The molecule has 2 aromatic rings. The molecule has 0 saturated heterocycles. The van der Waals surface area contributed by atoms with Crippen molar-refractivity contribution in [3.8, 4) is 0 Å². The van der Waals surface area contributed by atoms with Crippen LogP contribution in [0.25, 0.3) is 0 Å². The molecule has 0 unspecified atom stereocenters. The van der Waals surface area contributed by atoms with E-state index in [9.17, 15) is 0 Å². The number of aromatic nitrogens is 3. The molecule has 2 heterocycles. The summed E-state index contributed by atoms with van der Waals surface area (Å²) in [4.78, 5) is 12.4. The molecule has 0 aromatic carbocycles. The van der Waals surface area contributed by atoms with Crippen LogP contribution < -0.4 is 0 Å². The molecule has 0 bridgehead atoms. The predicted octanol–water partition coefficient (Wildman–Crippen LogP) is 2.88. The standard InChI is InChI=1S/C11H11N5S/c1-17-11-13-7-5-9(15-11)8-14-16-10-4-2-3-6-12-10/h2-7H,8H2,1H3. The summed E-state index contributed by atoms with van der Waals surface area (Å²) < 4.78 is 0. The summed E-state index contributed by atoms with van der Waals surface area (Å²) in [5.41, 5.74) is 0.851. The lowest BCUT2D eigenvalue weighted by molar-refractivity contribution is 0.844. The van der Waals surface area contributed by atoms with E-state index in [0.717, 1.165) is 10.9 Å². The van der Waals surface area contributed by atoms with Crippen LogP contribution in [0.2, 0.25) is 0 Å². The summed E-state index contributed by atoms with van der Waals surface area (Å²) in [7, 11) is 0. The highest BCUT2D eigenvalue weighted by molar-refractivity contribution is 7.98. The van der Waals surface area contributed by atoms with Crippen LogP contribution in [0.3, 0.4) is 0 Å². The van der Waals surface area contributed by atoms with Gasteiger partial charge >= 0.3 is 0 Å². The van der Waals surface area contributed by atoms with Crippen LogP contribution in [-0.2, 0) is 6.54 Å². The summed E-state index contributed by atoms with van der Waals surface area (Å²) in [6.45, 7) is 0.437.